The molecule has 0 amide bonds. The largest absolute Gasteiger partial charge is 0.487 e. The molecule has 0 fully saturated rings. The summed E-state index contributed by atoms with van der Waals surface area (Å²) < 4.78 is 8.80. The number of aryl methyl sites for hydroxylation is 3. The number of hydrogen-bond acceptors (Lipinski definition) is 2. The highest BCUT2D eigenvalue weighted by Gasteiger charge is 2.12. The molecule has 0 unspecified atom stereocenters. The molecule has 1 heterocycles. The van der Waals surface area contributed by atoms with Crippen LogP contribution in [0.15, 0.2) is 28.7 Å². The average molecular weight is 309 g/mol. The third-order valence-corrected chi connectivity index (χ3v) is 3.88. The van der Waals surface area contributed by atoms with Gasteiger partial charge in [-0.2, -0.15) is 5.10 Å². The van der Waals surface area contributed by atoms with Crippen molar-refractivity contribution >= 4 is 15.9 Å². The third kappa shape index (κ3) is 2.75. The molecule has 0 saturated carbocycles. The van der Waals surface area contributed by atoms with Crippen LogP contribution >= 0.6 is 15.9 Å². The summed E-state index contributed by atoms with van der Waals surface area (Å²) in [5.74, 6) is 0.883. The van der Waals surface area contributed by atoms with Crippen molar-refractivity contribution in [2.45, 2.75) is 33.9 Å². The maximum absolute atomic E-state index is 5.79. The molecule has 0 radical (unpaired) electrons. The molecule has 2 rings (SSSR count). The van der Waals surface area contributed by atoms with Gasteiger partial charge in [-0.25, -0.2) is 0 Å². The molecular formula is C14H17BrN2O. The summed E-state index contributed by atoms with van der Waals surface area (Å²) in [4.78, 5) is 0. The Hall–Kier alpha value is -1.29. The fraction of sp³-hybridized carbons (Fsp3) is 0.357. The van der Waals surface area contributed by atoms with E-state index in [4.69, 9.17) is 4.74 Å². The zero-order valence-electron chi connectivity index (χ0n) is 10.9. The highest BCUT2D eigenvalue weighted by atomic mass is 79.9. The fourth-order valence-electron chi connectivity index (χ4n) is 1.79. The van der Waals surface area contributed by atoms with E-state index in [9.17, 15) is 0 Å². The number of rotatable bonds is 4. The van der Waals surface area contributed by atoms with Crippen molar-refractivity contribution in [3.8, 4) is 5.75 Å². The number of halogens is 1. The molecule has 0 aliphatic rings. The minimum atomic E-state index is 0.526. The molecule has 0 aliphatic heterocycles. The van der Waals surface area contributed by atoms with Gasteiger partial charge in [0, 0.05) is 6.54 Å². The minimum absolute atomic E-state index is 0.526. The maximum atomic E-state index is 5.79. The van der Waals surface area contributed by atoms with Gasteiger partial charge >= 0.3 is 0 Å². The van der Waals surface area contributed by atoms with Crippen molar-refractivity contribution < 1.29 is 4.74 Å². The molecule has 4 heteroatoms. The van der Waals surface area contributed by atoms with Gasteiger partial charge in [-0.15, -0.1) is 0 Å². The number of ether oxygens (including phenoxy) is 1. The van der Waals surface area contributed by atoms with E-state index in [1.165, 1.54) is 5.56 Å². The smallest absolute Gasteiger partial charge is 0.131 e. The topological polar surface area (TPSA) is 27.1 Å². The van der Waals surface area contributed by atoms with Crippen LogP contribution < -0.4 is 4.74 Å². The van der Waals surface area contributed by atoms with Gasteiger partial charge in [0.05, 0.1) is 15.9 Å². The Morgan fingerprint density at radius 2 is 1.89 bits per heavy atom. The van der Waals surface area contributed by atoms with Crippen LogP contribution in [0.5, 0.6) is 5.75 Å². The molecule has 0 spiro atoms. The van der Waals surface area contributed by atoms with E-state index in [2.05, 4.69) is 34.9 Å². The van der Waals surface area contributed by atoms with Crippen molar-refractivity contribution in [1.82, 2.24) is 9.78 Å². The Labute approximate surface area is 116 Å². The predicted molar refractivity (Wildman–Crippen MR) is 75.8 cm³/mol. The van der Waals surface area contributed by atoms with Crippen molar-refractivity contribution in [2.24, 2.45) is 0 Å². The van der Waals surface area contributed by atoms with Gasteiger partial charge < -0.3 is 4.74 Å². The second-order valence-electron chi connectivity index (χ2n) is 4.26. The summed E-state index contributed by atoms with van der Waals surface area (Å²) in [7, 11) is 0. The van der Waals surface area contributed by atoms with Gasteiger partial charge in [-0.1, -0.05) is 17.7 Å². The van der Waals surface area contributed by atoms with E-state index in [1.54, 1.807) is 0 Å². The Balaban J connectivity index is 2.12. The minimum Gasteiger partial charge on any atom is -0.487 e. The molecular weight excluding hydrogens is 292 g/mol. The molecule has 0 bridgehead atoms. The molecule has 0 atom stereocenters. The second kappa shape index (κ2) is 5.57. The number of benzene rings is 1. The van der Waals surface area contributed by atoms with Crippen LogP contribution in [0.25, 0.3) is 0 Å². The van der Waals surface area contributed by atoms with Gasteiger partial charge in [0.15, 0.2) is 0 Å². The number of aromatic nitrogens is 2. The molecule has 0 saturated heterocycles. The van der Waals surface area contributed by atoms with Crippen molar-refractivity contribution in [1.29, 1.82) is 0 Å². The van der Waals surface area contributed by atoms with Crippen molar-refractivity contribution in [2.75, 3.05) is 0 Å². The van der Waals surface area contributed by atoms with Crippen LogP contribution in [-0.4, -0.2) is 9.78 Å². The van der Waals surface area contributed by atoms with E-state index in [0.29, 0.717) is 6.61 Å². The highest BCUT2D eigenvalue weighted by Crippen LogP contribution is 2.23. The number of hydrogen-bond donors (Lipinski definition) is 0. The van der Waals surface area contributed by atoms with Crippen LogP contribution in [-0.2, 0) is 13.2 Å². The van der Waals surface area contributed by atoms with Gasteiger partial charge in [-0.05, 0) is 48.8 Å². The van der Waals surface area contributed by atoms with E-state index in [1.807, 2.05) is 35.9 Å². The van der Waals surface area contributed by atoms with Gasteiger partial charge in [0.1, 0.15) is 12.4 Å². The fourth-order valence-corrected chi connectivity index (χ4v) is 2.19. The standard InChI is InChI=1S/C14H17BrN2O/c1-4-17-13(14(15)11(3)16-17)9-18-12-7-5-10(2)6-8-12/h5-8H,4,9H2,1-3H3. The molecule has 0 N–H and O–H groups in total. The van der Waals surface area contributed by atoms with Crippen LogP contribution in [0.4, 0.5) is 0 Å². The summed E-state index contributed by atoms with van der Waals surface area (Å²) in [5.41, 5.74) is 3.31. The van der Waals surface area contributed by atoms with Crippen LogP contribution in [0.1, 0.15) is 23.9 Å². The lowest BCUT2D eigenvalue weighted by Crippen LogP contribution is -2.06. The quantitative estimate of drug-likeness (QED) is 0.857. The summed E-state index contributed by atoms with van der Waals surface area (Å²) in [6.07, 6.45) is 0. The first kappa shape index (κ1) is 13.1. The molecule has 0 aliphatic carbocycles. The Morgan fingerprint density at radius 3 is 2.50 bits per heavy atom. The van der Waals surface area contributed by atoms with Crippen LogP contribution in [0.3, 0.4) is 0 Å². The molecule has 1 aromatic carbocycles. The van der Waals surface area contributed by atoms with Crippen LogP contribution in [0.2, 0.25) is 0 Å². The lowest BCUT2D eigenvalue weighted by atomic mass is 10.2. The predicted octanol–water partition coefficient (Wildman–Crippen LogP) is 3.86. The SMILES string of the molecule is CCn1nc(C)c(Br)c1COc1ccc(C)cc1. The lowest BCUT2D eigenvalue weighted by molar-refractivity contribution is 0.291. The Bertz CT molecular complexity index is 531. The van der Waals surface area contributed by atoms with Crippen molar-refractivity contribution in [3.05, 3.63) is 45.7 Å². The molecule has 96 valence electrons. The highest BCUT2D eigenvalue weighted by molar-refractivity contribution is 9.10. The van der Waals surface area contributed by atoms with Gasteiger partial charge in [-0.3, -0.25) is 4.68 Å². The van der Waals surface area contributed by atoms with Gasteiger partial charge in [0.25, 0.3) is 0 Å². The Morgan fingerprint density at radius 1 is 1.22 bits per heavy atom. The third-order valence-electron chi connectivity index (χ3n) is 2.85. The molecule has 2 aromatic rings. The molecule has 18 heavy (non-hydrogen) atoms. The maximum Gasteiger partial charge on any atom is 0.131 e. The zero-order valence-corrected chi connectivity index (χ0v) is 12.5. The van der Waals surface area contributed by atoms with Crippen LogP contribution in [0, 0.1) is 13.8 Å². The van der Waals surface area contributed by atoms with E-state index in [-0.39, 0.29) is 0 Å². The van der Waals surface area contributed by atoms with E-state index >= 15 is 0 Å². The average Bonchev–Trinajstić information content (AvgIpc) is 2.65. The zero-order chi connectivity index (χ0) is 13.1. The monoisotopic (exact) mass is 308 g/mol. The first-order chi connectivity index (χ1) is 8.61. The summed E-state index contributed by atoms with van der Waals surface area (Å²) in [6, 6.07) is 8.07. The first-order valence-corrected chi connectivity index (χ1v) is 6.82. The summed E-state index contributed by atoms with van der Waals surface area (Å²) in [5, 5.41) is 4.44. The second-order valence-corrected chi connectivity index (χ2v) is 5.06. The lowest BCUT2D eigenvalue weighted by Gasteiger charge is -2.08. The van der Waals surface area contributed by atoms with Gasteiger partial charge in [0.2, 0.25) is 0 Å². The van der Waals surface area contributed by atoms with E-state index < -0.39 is 0 Å². The summed E-state index contributed by atoms with van der Waals surface area (Å²) >= 11 is 3.56. The molecule has 1 aromatic heterocycles. The summed E-state index contributed by atoms with van der Waals surface area (Å²) in [6.45, 7) is 7.51. The molecule has 3 nitrogen and oxygen atoms in total. The normalized spacial score (nSPS) is 10.7. The van der Waals surface area contributed by atoms with Crippen molar-refractivity contribution in [3.63, 3.8) is 0 Å². The van der Waals surface area contributed by atoms with E-state index in [0.717, 1.165) is 28.2 Å². The Kier molecular flexibility index (Phi) is 4.07. The first-order valence-electron chi connectivity index (χ1n) is 6.03. The number of nitrogens with zero attached hydrogens (tertiary/aromatic N) is 2.